The van der Waals surface area contributed by atoms with Crippen LogP contribution in [0.25, 0.3) is 0 Å². The predicted molar refractivity (Wildman–Crippen MR) is 127 cm³/mol. The van der Waals surface area contributed by atoms with Crippen LogP contribution in [0.3, 0.4) is 0 Å². The predicted octanol–water partition coefficient (Wildman–Crippen LogP) is 3.34. The normalized spacial score (nSPS) is 20.5. The van der Waals surface area contributed by atoms with Crippen molar-refractivity contribution in [2.24, 2.45) is 0 Å². The second kappa shape index (κ2) is 9.89. The number of rotatable bonds is 5. The van der Waals surface area contributed by atoms with Crippen molar-refractivity contribution in [1.29, 1.82) is 0 Å². The lowest BCUT2D eigenvalue weighted by atomic mass is 9.79. The van der Waals surface area contributed by atoms with Crippen LogP contribution in [0.2, 0.25) is 0 Å². The van der Waals surface area contributed by atoms with Gasteiger partial charge in [-0.3, -0.25) is 14.9 Å². The van der Waals surface area contributed by atoms with Gasteiger partial charge < -0.3 is 19.7 Å². The fourth-order valence-electron chi connectivity index (χ4n) is 4.59. The van der Waals surface area contributed by atoms with Crippen molar-refractivity contribution in [2.45, 2.75) is 65.0 Å². The zero-order valence-corrected chi connectivity index (χ0v) is 20.8. The number of dihydropyridines is 1. The van der Waals surface area contributed by atoms with Crippen molar-refractivity contribution in [1.82, 2.24) is 10.2 Å². The molecule has 0 aromatic heterocycles. The van der Waals surface area contributed by atoms with Gasteiger partial charge in [-0.2, -0.15) is 0 Å². The van der Waals surface area contributed by atoms with Crippen LogP contribution in [0.15, 0.2) is 46.8 Å². The first-order valence-electron chi connectivity index (χ1n) is 11.4. The molecule has 10 nitrogen and oxygen atoms in total. The second-order valence-electron chi connectivity index (χ2n) is 9.67. The van der Waals surface area contributed by atoms with Gasteiger partial charge in [0.15, 0.2) is 0 Å². The number of carbonyl (C=O) groups excluding carboxylic acids is 3. The van der Waals surface area contributed by atoms with E-state index in [0.717, 1.165) is 0 Å². The number of allylic oxidation sites excluding steroid dienone is 2. The van der Waals surface area contributed by atoms with Crippen molar-refractivity contribution in [3.8, 4) is 0 Å². The smallest absolute Gasteiger partial charge is 0.336 e. The largest absolute Gasteiger partial charge is 0.466 e. The lowest BCUT2D eigenvalue weighted by Gasteiger charge is -2.34. The standard InChI is InChI=1S/C25H31N3O7/c1-14-19(22(29)27-12-8-11-18(27)23(30)35-25(3,4)5)21(20(15(2)26-14)24(31)34-6)16-9-7-10-17(13-16)28(32)33/h7,9-10,13,18,21,26H,8,11-12H2,1-6H3/t18-,21?/m0/s1. The first kappa shape index (κ1) is 25.9. The summed E-state index contributed by atoms with van der Waals surface area (Å²) in [5, 5.41) is 14.5. The van der Waals surface area contributed by atoms with Gasteiger partial charge in [-0.05, 0) is 53.0 Å². The van der Waals surface area contributed by atoms with Crippen LogP contribution < -0.4 is 5.32 Å². The Morgan fingerprint density at radius 1 is 1.14 bits per heavy atom. The molecule has 35 heavy (non-hydrogen) atoms. The average molecular weight is 486 g/mol. The number of ether oxygens (including phenoxy) is 2. The SMILES string of the molecule is COC(=O)C1=C(C)NC(C)=C(C(=O)N2CCC[C@H]2C(=O)OC(C)(C)C)C1c1cccc([N+](=O)[O-])c1. The Morgan fingerprint density at radius 2 is 1.80 bits per heavy atom. The summed E-state index contributed by atoms with van der Waals surface area (Å²) >= 11 is 0. The van der Waals surface area contributed by atoms with Crippen LogP contribution in [0, 0.1) is 10.1 Å². The monoisotopic (exact) mass is 485 g/mol. The third-order valence-corrected chi connectivity index (χ3v) is 6.00. The molecule has 1 fully saturated rings. The Morgan fingerprint density at radius 3 is 2.40 bits per heavy atom. The molecule has 0 bridgehead atoms. The minimum absolute atomic E-state index is 0.167. The summed E-state index contributed by atoms with van der Waals surface area (Å²) in [6.07, 6.45) is 1.08. The van der Waals surface area contributed by atoms with Gasteiger partial charge in [-0.1, -0.05) is 12.1 Å². The Bertz CT molecular complexity index is 1130. The maximum atomic E-state index is 14.0. The Labute approximate surface area is 204 Å². The number of nitrogens with one attached hydrogen (secondary N) is 1. The van der Waals surface area contributed by atoms with Crippen LogP contribution in [-0.2, 0) is 23.9 Å². The highest BCUT2D eigenvalue weighted by molar-refractivity contribution is 6.03. The summed E-state index contributed by atoms with van der Waals surface area (Å²) in [5.41, 5.74) is 0.900. The van der Waals surface area contributed by atoms with Gasteiger partial charge in [-0.15, -0.1) is 0 Å². The van der Waals surface area contributed by atoms with E-state index >= 15 is 0 Å². The fraction of sp³-hybridized carbons (Fsp3) is 0.480. The molecule has 3 rings (SSSR count). The van der Waals surface area contributed by atoms with Crippen LogP contribution in [0.4, 0.5) is 5.69 Å². The van der Waals surface area contributed by atoms with Crippen molar-refractivity contribution >= 4 is 23.5 Å². The molecule has 1 aromatic rings. The number of nitrogens with zero attached hydrogens (tertiary/aromatic N) is 2. The van der Waals surface area contributed by atoms with E-state index in [2.05, 4.69) is 5.32 Å². The molecule has 10 heteroatoms. The first-order chi connectivity index (χ1) is 16.4. The minimum atomic E-state index is -0.920. The number of hydrogen-bond donors (Lipinski definition) is 1. The minimum Gasteiger partial charge on any atom is -0.466 e. The highest BCUT2D eigenvalue weighted by Gasteiger charge is 2.43. The maximum Gasteiger partial charge on any atom is 0.336 e. The van der Waals surface area contributed by atoms with E-state index in [4.69, 9.17) is 9.47 Å². The van der Waals surface area contributed by atoms with Gasteiger partial charge in [0.2, 0.25) is 0 Å². The number of non-ortho nitro benzene ring substituents is 1. The molecule has 1 amide bonds. The van der Waals surface area contributed by atoms with Crippen LogP contribution in [0.5, 0.6) is 0 Å². The topological polar surface area (TPSA) is 128 Å². The molecule has 1 saturated heterocycles. The number of nitro groups is 1. The van der Waals surface area contributed by atoms with Gasteiger partial charge in [0.05, 0.1) is 23.5 Å². The van der Waals surface area contributed by atoms with Crippen molar-refractivity contribution < 1.29 is 28.8 Å². The number of likely N-dealkylation sites (tertiary alicyclic amines) is 1. The molecule has 1 unspecified atom stereocenters. The van der Waals surface area contributed by atoms with E-state index in [0.29, 0.717) is 36.3 Å². The van der Waals surface area contributed by atoms with Crippen molar-refractivity contribution in [3.63, 3.8) is 0 Å². The molecular weight excluding hydrogens is 454 g/mol. The molecule has 188 valence electrons. The molecule has 2 atom stereocenters. The van der Waals surface area contributed by atoms with Crippen LogP contribution >= 0.6 is 0 Å². The van der Waals surface area contributed by atoms with Gasteiger partial charge in [-0.25, -0.2) is 9.59 Å². The summed E-state index contributed by atoms with van der Waals surface area (Å²) in [6.45, 7) is 9.01. The molecule has 1 aromatic carbocycles. The summed E-state index contributed by atoms with van der Waals surface area (Å²) in [6, 6.07) is 5.07. The Balaban J connectivity index is 2.10. The summed E-state index contributed by atoms with van der Waals surface area (Å²) < 4.78 is 10.5. The second-order valence-corrected chi connectivity index (χ2v) is 9.67. The lowest BCUT2D eigenvalue weighted by molar-refractivity contribution is -0.384. The molecule has 2 heterocycles. The summed E-state index contributed by atoms with van der Waals surface area (Å²) in [5.74, 6) is -2.50. The van der Waals surface area contributed by atoms with Crippen molar-refractivity contribution in [3.05, 3.63) is 62.5 Å². The zero-order chi connectivity index (χ0) is 26.1. The van der Waals surface area contributed by atoms with E-state index in [1.165, 1.54) is 30.2 Å². The van der Waals surface area contributed by atoms with E-state index < -0.39 is 40.3 Å². The molecule has 0 saturated carbocycles. The molecule has 0 radical (unpaired) electrons. The first-order valence-corrected chi connectivity index (χ1v) is 11.4. The molecule has 2 aliphatic heterocycles. The Hall–Kier alpha value is -3.69. The van der Waals surface area contributed by atoms with Gasteiger partial charge >= 0.3 is 11.9 Å². The molecule has 0 aliphatic carbocycles. The number of esters is 2. The number of benzene rings is 1. The van der Waals surface area contributed by atoms with E-state index in [1.54, 1.807) is 40.7 Å². The summed E-state index contributed by atoms with van der Waals surface area (Å²) in [4.78, 5) is 52.1. The molecule has 1 N–H and O–H groups in total. The highest BCUT2D eigenvalue weighted by atomic mass is 16.6. The molecule has 2 aliphatic rings. The van der Waals surface area contributed by atoms with Crippen LogP contribution in [-0.4, -0.2) is 53.0 Å². The zero-order valence-electron chi connectivity index (χ0n) is 20.8. The number of carbonyl (C=O) groups is 3. The highest BCUT2D eigenvalue weighted by Crippen LogP contribution is 2.41. The Kier molecular flexibility index (Phi) is 7.33. The fourth-order valence-corrected chi connectivity index (χ4v) is 4.59. The van der Waals surface area contributed by atoms with Gasteiger partial charge in [0, 0.05) is 35.6 Å². The number of hydrogen-bond acceptors (Lipinski definition) is 8. The van der Waals surface area contributed by atoms with Gasteiger partial charge in [0.1, 0.15) is 11.6 Å². The number of nitro benzene ring substituents is 1. The summed E-state index contributed by atoms with van der Waals surface area (Å²) in [7, 11) is 1.23. The van der Waals surface area contributed by atoms with E-state index in [1.807, 2.05) is 0 Å². The number of methoxy groups -OCH3 is 1. The lowest BCUT2D eigenvalue weighted by Crippen LogP contribution is -2.46. The van der Waals surface area contributed by atoms with E-state index in [9.17, 15) is 24.5 Å². The van der Waals surface area contributed by atoms with E-state index in [-0.39, 0.29) is 16.8 Å². The molecule has 0 spiro atoms. The third kappa shape index (κ3) is 5.36. The van der Waals surface area contributed by atoms with Gasteiger partial charge in [0.25, 0.3) is 11.6 Å². The molecular formula is C25H31N3O7. The van der Waals surface area contributed by atoms with Crippen molar-refractivity contribution in [2.75, 3.05) is 13.7 Å². The quantitative estimate of drug-likeness (QED) is 0.382. The number of amides is 1. The average Bonchev–Trinajstić information content (AvgIpc) is 3.27. The third-order valence-electron chi connectivity index (χ3n) is 6.00. The maximum absolute atomic E-state index is 14.0. The van der Waals surface area contributed by atoms with Crippen LogP contribution in [0.1, 0.15) is 58.9 Å².